The highest BCUT2D eigenvalue weighted by atomic mass is 35.5. The number of fused-ring (bicyclic) bond motifs is 2. The molecule has 3 nitrogen and oxygen atoms in total. The molecule has 2 saturated carbocycles. The molecule has 2 bridgehead atoms. The van der Waals surface area contributed by atoms with E-state index in [1.54, 1.807) is 0 Å². The number of ether oxygens (including phenoxy) is 2. The molecule has 2 aliphatic heterocycles. The molecule has 2 saturated heterocycles. The lowest BCUT2D eigenvalue weighted by atomic mass is 9.67. The molecular weight excluding hydrogens is 394 g/mol. The average Bonchev–Trinajstić information content (AvgIpc) is 3.41. The van der Waals surface area contributed by atoms with Crippen molar-refractivity contribution >= 4 is 0 Å². The molecule has 2 aliphatic carbocycles. The molecule has 4 aliphatic rings. The van der Waals surface area contributed by atoms with Gasteiger partial charge in [-0.15, -0.1) is 0 Å². The zero-order valence-electron chi connectivity index (χ0n) is 18.9. The highest BCUT2D eigenvalue weighted by molar-refractivity contribution is 5.13. The molecule has 0 spiro atoms. The Hall–Kier alpha value is -0.610. The second kappa shape index (κ2) is 9.10. The third-order valence-electron chi connectivity index (χ3n) is 9.03. The van der Waals surface area contributed by atoms with Gasteiger partial charge in [0.05, 0.1) is 19.7 Å². The van der Waals surface area contributed by atoms with Crippen LogP contribution >= 0.6 is 0 Å². The van der Waals surface area contributed by atoms with Crippen LogP contribution in [0.5, 0.6) is 0 Å². The second-order valence-electron chi connectivity index (χ2n) is 11.1. The fourth-order valence-corrected chi connectivity index (χ4v) is 7.39. The zero-order valence-corrected chi connectivity index (χ0v) is 19.7. The van der Waals surface area contributed by atoms with E-state index in [-0.39, 0.29) is 24.8 Å². The quantitative estimate of drug-likeness (QED) is 0.641. The lowest BCUT2D eigenvalue weighted by Gasteiger charge is -2.43. The van der Waals surface area contributed by atoms with Crippen LogP contribution in [0, 0.1) is 23.2 Å². The summed E-state index contributed by atoms with van der Waals surface area (Å²) in [5.41, 5.74) is 1.94. The van der Waals surface area contributed by atoms with Crippen LogP contribution in [0.4, 0.5) is 0 Å². The van der Waals surface area contributed by atoms with Crippen molar-refractivity contribution in [1.82, 2.24) is 0 Å². The van der Waals surface area contributed by atoms with Gasteiger partial charge in [-0.05, 0) is 61.7 Å². The Morgan fingerprint density at radius 2 is 1.80 bits per heavy atom. The minimum absolute atomic E-state index is 0. The van der Waals surface area contributed by atoms with Gasteiger partial charge < -0.3 is 26.4 Å². The molecule has 0 aromatic heterocycles. The SMILES string of the molecule is CC1(C)C2CCC(C2)[C@@H]1CC1OCC(C[N+]2(Cc3ccccc3)CCCCC2)O1.[Cl-]. The van der Waals surface area contributed by atoms with E-state index in [0.29, 0.717) is 5.41 Å². The summed E-state index contributed by atoms with van der Waals surface area (Å²) in [6.07, 6.45) is 9.84. The summed E-state index contributed by atoms with van der Waals surface area (Å²) in [6.45, 7) is 10.6. The fraction of sp³-hybridized carbons (Fsp3) is 0.769. The minimum Gasteiger partial charge on any atom is -1.00 e. The first-order chi connectivity index (χ1) is 14.0. The van der Waals surface area contributed by atoms with Gasteiger partial charge in [0.25, 0.3) is 0 Å². The van der Waals surface area contributed by atoms with Crippen molar-refractivity contribution in [3.05, 3.63) is 35.9 Å². The van der Waals surface area contributed by atoms with Gasteiger partial charge in [-0.2, -0.15) is 0 Å². The van der Waals surface area contributed by atoms with Crippen LogP contribution in [0.15, 0.2) is 30.3 Å². The predicted molar refractivity (Wildman–Crippen MR) is 116 cm³/mol. The van der Waals surface area contributed by atoms with Crippen molar-refractivity contribution in [3.63, 3.8) is 0 Å². The van der Waals surface area contributed by atoms with Crippen LogP contribution in [-0.4, -0.2) is 43.1 Å². The first-order valence-electron chi connectivity index (χ1n) is 12.2. The molecule has 30 heavy (non-hydrogen) atoms. The maximum atomic E-state index is 6.55. The van der Waals surface area contributed by atoms with Gasteiger partial charge in [0.1, 0.15) is 19.2 Å². The molecule has 5 rings (SSSR count). The fourth-order valence-electron chi connectivity index (χ4n) is 7.39. The third kappa shape index (κ3) is 4.46. The second-order valence-corrected chi connectivity index (χ2v) is 11.1. The molecule has 0 amide bonds. The van der Waals surface area contributed by atoms with Crippen LogP contribution < -0.4 is 12.4 Å². The zero-order chi connectivity index (χ0) is 19.9. The first kappa shape index (κ1) is 22.6. The highest BCUT2D eigenvalue weighted by Gasteiger charge is 2.53. The molecule has 5 atom stereocenters. The van der Waals surface area contributed by atoms with Crippen LogP contribution in [0.2, 0.25) is 0 Å². The molecule has 1 aromatic carbocycles. The Morgan fingerprint density at radius 1 is 1.03 bits per heavy atom. The van der Waals surface area contributed by atoms with Crippen molar-refractivity contribution < 1.29 is 26.4 Å². The number of hydrogen-bond donors (Lipinski definition) is 0. The lowest BCUT2D eigenvalue weighted by molar-refractivity contribution is -0.947. The number of quaternary nitrogens is 1. The predicted octanol–water partition coefficient (Wildman–Crippen LogP) is 2.40. The van der Waals surface area contributed by atoms with E-state index in [0.717, 1.165) is 43.9 Å². The smallest absolute Gasteiger partial charge is 0.158 e. The number of piperidine rings is 1. The Bertz CT molecular complexity index is 688. The molecule has 4 fully saturated rings. The van der Waals surface area contributed by atoms with Gasteiger partial charge in [0.2, 0.25) is 0 Å². The number of likely N-dealkylation sites (tertiary alicyclic amines) is 1. The van der Waals surface area contributed by atoms with E-state index in [1.807, 2.05) is 0 Å². The van der Waals surface area contributed by atoms with Crippen LogP contribution in [0.25, 0.3) is 0 Å². The normalized spacial score (nSPS) is 36.5. The summed E-state index contributed by atoms with van der Waals surface area (Å²) in [5.74, 6) is 2.63. The van der Waals surface area contributed by atoms with E-state index in [2.05, 4.69) is 44.2 Å². The van der Waals surface area contributed by atoms with Crippen LogP contribution in [0.1, 0.15) is 64.4 Å². The summed E-state index contributed by atoms with van der Waals surface area (Å²) in [7, 11) is 0. The molecule has 4 unspecified atom stereocenters. The summed E-state index contributed by atoms with van der Waals surface area (Å²) in [6, 6.07) is 11.1. The summed E-state index contributed by atoms with van der Waals surface area (Å²) < 4.78 is 14.0. The number of rotatable bonds is 6. The molecule has 1 aromatic rings. The molecule has 2 heterocycles. The molecular formula is C26H40ClNO2. The van der Waals surface area contributed by atoms with Gasteiger partial charge >= 0.3 is 0 Å². The van der Waals surface area contributed by atoms with Gasteiger partial charge in [-0.25, -0.2) is 0 Å². The van der Waals surface area contributed by atoms with Gasteiger partial charge in [0.15, 0.2) is 6.29 Å². The minimum atomic E-state index is 0. The van der Waals surface area contributed by atoms with Gasteiger partial charge in [0, 0.05) is 12.0 Å². The largest absolute Gasteiger partial charge is 1.00 e. The van der Waals surface area contributed by atoms with Gasteiger partial charge in [-0.1, -0.05) is 44.2 Å². The highest BCUT2D eigenvalue weighted by Crippen LogP contribution is 2.60. The Labute approximate surface area is 189 Å². The monoisotopic (exact) mass is 433 g/mol. The van der Waals surface area contributed by atoms with Crippen LogP contribution in [-0.2, 0) is 16.0 Å². The van der Waals surface area contributed by atoms with Crippen LogP contribution in [0.3, 0.4) is 0 Å². The number of halogens is 1. The number of hydrogen-bond acceptors (Lipinski definition) is 2. The van der Waals surface area contributed by atoms with Crippen molar-refractivity contribution in [2.24, 2.45) is 23.2 Å². The summed E-state index contributed by atoms with van der Waals surface area (Å²) in [4.78, 5) is 0. The lowest BCUT2D eigenvalue weighted by Crippen LogP contribution is -3.00. The summed E-state index contributed by atoms with van der Waals surface area (Å²) >= 11 is 0. The molecule has 4 heteroatoms. The van der Waals surface area contributed by atoms with E-state index in [9.17, 15) is 0 Å². The third-order valence-corrected chi connectivity index (χ3v) is 9.03. The Balaban J connectivity index is 0.00000218. The van der Waals surface area contributed by atoms with E-state index in [4.69, 9.17) is 9.47 Å². The average molecular weight is 434 g/mol. The molecule has 0 radical (unpaired) electrons. The standard InChI is InChI=1S/C26H40NO2.ClH/c1-26(2)22-12-11-21(15-22)24(26)16-25-28-19-23(29-25)18-27(13-7-4-8-14-27)17-20-9-5-3-6-10-20;/h3,5-6,9-10,21-25H,4,7-8,11-19H2,1-2H3;1H/q+1;/p-1/t21?,22?,23?,24-,25?;/m0./s1. The van der Waals surface area contributed by atoms with E-state index in [1.165, 1.54) is 61.7 Å². The molecule has 168 valence electrons. The number of nitrogens with zero attached hydrogens (tertiary/aromatic N) is 1. The first-order valence-corrected chi connectivity index (χ1v) is 12.2. The van der Waals surface area contributed by atoms with E-state index >= 15 is 0 Å². The maximum absolute atomic E-state index is 6.55. The Morgan fingerprint density at radius 3 is 2.50 bits per heavy atom. The maximum Gasteiger partial charge on any atom is 0.158 e. The van der Waals surface area contributed by atoms with Crippen molar-refractivity contribution in [1.29, 1.82) is 0 Å². The van der Waals surface area contributed by atoms with Crippen molar-refractivity contribution in [2.75, 3.05) is 26.2 Å². The number of benzene rings is 1. The molecule has 0 N–H and O–H groups in total. The van der Waals surface area contributed by atoms with Crippen molar-refractivity contribution in [2.45, 2.75) is 77.7 Å². The van der Waals surface area contributed by atoms with Crippen molar-refractivity contribution in [3.8, 4) is 0 Å². The summed E-state index contributed by atoms with van der Waals surface area (Å²) in [5, 5.41) is 0. The van der Waals surface area contributed by atoms with Gasteiger partial charge in [-0.3, -0.25) is 0 Å². The van der Waals surface area contributed by atoms with E-state index < -0.39 is 0 Å². The Kier molecular flexibility index (Phi) is 6.85. The topological polar surface area (TPSA) is 18.5 Å².